The number of nitrogens with zero attached hydrogens (tertiary/aromatic N) is 2. The molecule has 1 amide bonds. The fraction of sp³-hybridized carbons (Fsp3) is 0.625. The molecule has 1 atom stereocenters. The highest BCUT2D eigenvalue weighted by Crippen LogP contribution is 2.34. The summed E-state index contributed by atoms with van der Waals surface area (Å²) in [5.74, 6) is -0.853. The Morgan fingerprint density at radius 1 is 1.43 bits per heavy atom. The van der Waals surface area contributed by atoms with E-state index in [2.05, 4.69) is 0 Å². The van der Waals surface area contributed by atoms with Crippen LogP contribution in [0.5, 0.6) is 0 Å². The second kappa shape index (κ2) is 5.92. The number of piperidine rings is 1. The first-order chi connectivity index (χ1) is 9.91. The maximum Gasteiger partial charge on any atom is 0.311 e. The van der Waals surface area contributed by atoms with Crippen molar-refractivity contribution in [1.82, 2.24) is 9.47 Å². The van der Waals surface area contributed by atoms with Gasteiger partial charge >= 0.3 is 5.97 Å². The highest BCUT2D eigenvalue weighted by Gasteiger charge is 2.42. The summed E-state index contributed by atoms with van der Waals surface area (Å²) < 4.78 is 1.94. The Morgan fingerprint density at radius 3 is 2.71 bits per heavy atom. The van der Waals surface area contributed by atoms with Gasteiger partial charge in [-0.1, -0.05) is 6.92 Å². The first kappa shape index (κ1) is 15.6. The number of hydrogen-bond donors (Lipinski definition) is 1. The van der Waals surface area contributed by atoms with Gasteiger partial charge < -0.3 is 14.6 Å². The van der Waals surface area contributed by atoms with Crippen LogP contribution in [0.2, 0.25) is 0 Å². The van der Waals surface area contributed by atoms with E-state index in [0.717, 1.165) is 6.42 Å². The lowest BCUT2D eigenvalue weighted by Gasteiger charge is -2.39. The number of hydrogen-bond acceptors (Lipinski definition) is 2. The van der Waals surface area contributed by atoms with Crippen molar-refractivity contribution >= 4 is 11.9 Å². The Morgan fingerprint density at radius 2 is 2.14 bits per heavy atom. The van der Waals surface area contributed by atoms with Crippen LogP contribution in [0.1, 0.15) is 56.6 Å². The minimum absolute atomic E-state index is 0.0625. The van der Waals surface area contributed by atoms with Gasteiger partial charge in [0.2, 0.25) is 0 Å². The second-order valence-corrected chi connectivity index (χ2v) is 6.16. The minimum atomic E-state index is -0.790. The normalized spacial score (nSPS) is 22.6. The van der Waals surface area contributed by atoms with Crippen LogP contribution in [0.15, 0.2) is 18.3 Å². The van der Waals surface area contributed by atoms with Crippen molar-refractivity contribution in [2.45, 2.75) is 46.1 Å². The molecule has 0 radical (unpaired) electrons. The van der Waals surface area contributed by atoms with Gasteiger partial charge in [-0.15, -0.1) is 0 Å². The van der Waals surface area contributed by atoms with Gasteiger partial charge in [0.1, 0.15) is 5.69 Å². The van der Waals surface area contributed by atoms with E-state index in [-0.39, 0.29) is 11.9 Å². The Balaban J connectivity index is 2.23. The first-order valence-electron chi connectivity index (χ1n) is 7.61. The smallest absolute Gasteiger partial charge is 0.311 e. The van der Waals surface area contributed by atoms with E-state index in [1.165, 1.54) is 0 Å². The van der Waals surface area contributed by atoms with E-state index >= 15 is 0 Å². The first-order valence-corrected chi connectivity index (χ1v) is 7.61. The van der Waals surface area contributed by atoms with Gasteiger partial charge in [-0.3, -0.25) is 9.59 Å². The van der Waals surface area contributed by atoms with E-state index in [1.54, 1.807) is 4.90 Å². The molecule has 1 unspecified atom stereocenters. The fourth-order valence-corrected chi connectivity index (χ4v) is 3.11. The molecular formula is C16H24N2O3. The molecule has 0 spiro atoms. The zero-order valence-corrected chi connectivity index (χ0v) is 13.0. The number of likely N-dealkylation sites (tertiary alicyclic amines) is 1. The van der Waals surface area contributed by atoms with Crippen LogP contribution in [0.25, 0.3) is 0 Å². The van der Waals surface area contributed by atoms with Crippen LogP contribution >= 0.6 is 0 Å². The van der Waals surface area contributed by atoms with Gasteiger partial charge in [-0.05, 0) is 45.2 Å². The molecule has 2 heterocycles. The van der Waals surface area contributed by atoms with Gasteiger partial charge in [0.05, 0.1) is 5.41 Å². The minimum Gasteiger partial charge on any atom is -0.481 e. The fourth-order valence-electron chi connectivity index (χ4n) is 3.11. The maximum absolute atomic E-state index is 12.7. The molecule has 0 aromatic carbocycles. The Kier molecular flexibility index (Phi) is 4.40. The van der Waals surface area contributed by atoms with Crippen molar-refractivity contribution in [2.24, 2.45) is 5.41 Å². The Bertz CT molecular complexity index is 535. The quantitative estimate of drug-likeness (QED) is 0.928. The lowest BCUT2D eigenvalue weighted by molar-refractivity contribution is -0.152. The van der Waals surface area contributed by atoms with Crippen molar-refractivity contribution < 1.29 is 14.7 Å². The number of rotatable bonds is 4. The average molecular weight is 292 g/mol. The molecule has 1 aromatic heterocycles. The molecule has 5 heteroatoms. The molecule has 21 heavy (non-hydrogen) atoms. The lowest BCUT2D eigenvalue weighted by Crippen LogP contribution is -2.50. The molecule has 1 aromatic rings. The second-order valence-electron chi connectivity index (χ2n) is 6.16. The van der Waals surface area contributed by atoms with E-state index in [1.807, 2.05) is 43.7 Å². The summed E-state index contributed by atoms with van der Waals surface area (Å²) in [6.45, 7) is 6.89. The van der Waals surface area contributed by atoms with Crippen LogP contribution in [0.3, 0.4) is 0 Å². The van der Waals surface area contributed by atoms with Crippen molar-refractivity contribution in [2.75, 3.05) is 13.1 Å². The number of carbonyl (C=O) groups excluding carboxylic acids is 1. The largest absolute Gasteiger partial charge is 0.481 e. The molecule has 1 aliphatic heterocycles. The summed E-state index contributed by atoms with van der Waals surface area (Å²) in [6, 6.07) is 3.88. The van der Waals surface area contributed by atoms with Gasteiger partial charge in [0.15, 0.2) is 0 Å². The maximum atomic E-state index is 12.7. The molecule has 1 aliphatic rings. The molecule has 116 valence electrons. The predicted octanol–water partition coefficient (Wildman–Crippen LogP) is 2.79. The van der Waals surface area contributed by atoms with Crippen LogP contribution < -0.4 is 0 Å². The van der Waals surface area contributed by atoms with Crippen molar-refractivity contribution in [3.05, 3.63) is 24.0 Å². The highest BCUT2D eigenvalue weighted by molar-refractivity contribution is 5.93. The number of aromatic nitrogens is 1. The third-order valence-electron chi connectivity index (χ3n) is 4.55. The molecule has 2 rings (SSSR count). The molecule has 0 saturated carbocycles. The van der Waals surface area contributed by atoms with Crippen LogP contribution in [0, 0.1) is 5.41 Å². The van der Waals surface area contributed by atoms with E-state index < -0.39 is 11.4 Å². The Labute approximate surface area is 125 Å². The van der Waals surface area contributed by atoms with Gasteiger partial charge in [-0.2, -0.15) is 0 Å². The number of carbonyl (C=O) groups is 2. The Hall–Kier alpha value is -1.78. The van der Waals surface area contributed by atoms with Crippen LogP contribution in [-0.4, -0.2) is 39.5 Å². The zero-order valence-electron chi connectivity index (χ0n) is 13.0. The highest BCUT2D eigenvalue weighted by atomic mass is 16.4. The van der Waals surface area contributed by atoms with E-state index in [9.17, 15) is 14.7 Å². The van der Waals surface area contributed by atoms with Gasteiger partial charge in [0.25, 0.3) is 5.91 Å². The summed E-state index contributed by atoms with van der Waals surface area (Å²) in [7, 11) is 0. The van der Waals surface area contributed by atoms with E-state index in [0.29, 0.717) is 31.6 Å². The predicted molar refractivity (Wildman–Crippen MR) is 80.3 cm³/mol. The number of carboxylic acid groups (broad SMARTS) is 1. The van der Waals surface area contributed by atoms with Crippen LogP contribution in [-0.2, 0) is 4.79 Å². The molecule has 5 nitrogen and oxygen atoms in total. The third kappa shape index (κ3) is 2.82. The van der Waals surface area contributed by atoms with Gasteiger partial charge in [-0.25, -0.2) is 0 Å². The van der Waals surface area contributed by atoms with Crippen LogP contribution in [0.4, 0.5) is 0 Å². The third-order valence-corrected chi connectivity index (χ3v) is 4.55. The summed E-state index contributed by atoms with van der Waals surface area (Å²) >= 11 is 0. The summed E-state index contributed by atoms with van der Waals surface area (Å²) in [5, 5.41) is 9.52. The molecule has 0 aliphatic carbocycles. The number of carboxylic acids is 1. The van der Waals surface area contributed by atoms with Gasteiger partial charge in [0, 0.05) is 25.3 Å². The number of amides is 1. The average Bonchev–Trinajstić information content (AvgIpc) is 2.95. The van der Waals surface area contributed by atoms with Crippen molar-refractivity contribution in [3.63, 3.8) is 0 Å². The van der Waals surface area contributed by atoms with Crippen molar-refractivity contribution in [3.8, 4) is 0 Å². The topological polar surface area (TPSA) is 62.5 Å². The van der Waals surface area contributed by atoms with E-state index in [4.69, 9.17) is 0 Å². The molecule has 1 fully saturated rings. The lowest BCUT2D eigenvalue weighted by atomic mass is 9.77. The van der Waals surface area contributed by atoms with Crippen molar-refractivity contribution in [1.29, 1.82) is 0 Å². The summed E-state index contributed by atoms with van der Waals surface area (Å²) in [5.41, 5.74) is -0.148. The monoisotopic (exact) mass is 292 g/mol. The summed E-state index contributed by atoms with van der Waals surface area (Å²) in [6.07, 6.45) is 3.84. The molecule has 1 saturated heterocycles. The molecule has 0 bridgehead atoms. The standard InChI is InChI=1S/C16H24N2O3/c1-4-16(15(20)21)8-6-9-17(11-16)14(19)13-7-5-10-18(13)12(2)3/h5,7,10,12H,4,6,8-9,11H2,1-3H3,(H,20,21). The zero-order chi connectivity index (χ0) is 15.6. The SMILES string of the molecule is CCC1(C(=O)O)CCCN(C(=O)c2cccn2C(C)C)C1. The summed E-state index contributed by atoms with van der Waals surface area (Å²) in [4.78, 5) is 26.0. The molecular weight excluding hydrogens is 268 g/mol. The molecule has 1 N–H and O–H groups in total. The number of aliphatic carboxylic acids is 1.